The molecule has 0 fully saturated rings. The van der Waals surface area contributed by atoms with Gasteiger partial charge in [0.1, 0.15) is 0 Å². The van der Waals surface area contributed by atoms with Crippen LogP contribution in [0.1, 0.15) is 37.0 Å². The summed E-state index contributed by atoms with van der Waals surface area (Å²) < 4.78 is 1.33. The molecular weight excluding hydrogens is 280 g/mol. The van der Waals surface area contributed by atoms with Gasteiger partial charge in [0.2, 0.25) is 0 Å². The third-order valence-corrected chi connectivity index (χ3v) is 4.14. The van der Waals surface area contributed by atoms with Crippen LogP contribution in [0.5, 0.6) is 0 Å². The van der Waals surface area contributed by atoms with Crippen LogP contribution < -0.4 is 5.56 Å². The zero-order valence-electron chi connectivity index (χ0n) is 13.0. The number of nitrogens with zero attached hydrogens (tertiary/aromatic N) is 2. The van der Waals surface area contributed by atoms with E-state index in [0.29, 0.717) is 24.1 Å². The molecule has 1 aromatic carbocycles. The summed E-state index contributed by atoms with van der Waals surface area (Å²) in [6.45, 7) is 5.42. The largest absolute Gasteiger partial charge is 0.481 e. The highest BCUT2D eigenvalue weighted by Gasteiger charge is 2.37. The van der Waals surface area contributed by atoms with Crippen molar-refractivity contribution in [3.05, 3.63) is 63.6 Å². The first-order valence-corrected chi connectivity index (χ1v) is 7.24. The average Bonchev–Trinajstić information content (AvgIpc) is 2.50. The second-order valence-electron chi connectivity index (χ2n) is 5.64. The molecular formula is C17H20N2O3. The van der Waals surface area contributed by atoms with Gasteiger partial charge in [0.05, 0.1) is 18.2 Å². The van der Waals surface area contributed by atoms with Crippen LogP contribution in [-0.4, -0.2) is 20.9 Å². The molecule has 22 heavy (non-hydrogen) atoms. The van der Waals surface area contributed by atoms with Gasteiger partial charge in [0, 0.05) is 5.56 Å². The van der Waals surface area contributed by atoms with Crippen molar-refractivity contribution in [1.82, 2.24) is 9.78 Å². The lowest BCUT2D eigenvalue weighted by molar-refractivity contribution is -0.143. The van der Waals surface area contributed by atoms with Crippen LogP contribution in [0.4, 0.5) is 0 Å². The summed E-state index contributed by atoms with van der Waals surface area (Å²) in [5.41, 5.74) is 0.327. The van der Waals surface area contributed by atoms with Crippen LogP contribution in [0, 0.1) is 6.92 Å². The molecule has 5 nitrogen and oxygen atoms in total. The molecule has 0 aliphatic heterocycles. The van der Waals surface area contributed by atoms with E-state index >= 15 is 0 Å². The first-order chi connectivity index (χ1) is 10.4. The summed E-state index contributed by atoms with van der Waals surface area (Å²) in [4.78, 5) is 24.4. The predicted octanol–water partition coefficient (Wildman–Crippen LogP) is 2.35. The van der Waals surface area contributed by atoms with Gasteiger partial charge in [0.15, 0.2) is 0 Å². The van der Waals surface area contributed by atoms with Crippen molar-refractivity contribution in [2.45, 2.75) is 39.2 Å². The molecule has 0 radical (unpaired) electrons. The van der Waals surface area contributed by atoms with Crippen LogP contribution in [0.15, 0.2) is 41.3 Å². The topological polar surface area (TPSA) is 72.2 Å². The Morgan fingerprint density at radius 3 is 2.50 bits per heavy atom. The van der Waals surface area contributed by atoms with E-state index in [1.165, 1.54) is 4.68 Å². The summed E-state index contributed by atoms with van der Waals surface area (Å²) in [5, 5.41) is 13.7. The molecule has 5 heteroatoms. The van der Waals surface area contributed by atoms with E-state index in [4.69, 9.17) is 0 Å². The van der Waals surface area contributed by atoms with E-state index < -0.39 is 11.4 Å². The standard InChI is InChI=1S/C17H20N2O3/c1-4-17(3,16(21)22)14-12(2)10-18-19(15(14)20)11-13-8-6-5-7-9-13/h5-10H,4,11H2,1-3H3,(H,21,22). The second-order valence-corrected chi connectivity index (χ2v) is 5.64. The molecule has 2 rings (SSSR count). The molecule has 1 heterocycles. The van der Waals surface area contributed by atoms with E-state index in [-0.39, 0.29) is 5.56 Å². The Bertz CT molecular complexity index is 737. The van der Waals surface area contributed by atoms with Gasteiger partial charge in [-0.3, -0.25) is 9.59 Å². The van der Waals surface area contributed by atoms with Crippen LogP contribution in [0.2, 0.25) is 0 Å². The van der Waals surface area contributed by atoms with Crippen molar-refractivity contribution < 1.29 is 9.90 Å². The molecule has 1 atom stereocenters. The molecule has 1 N–H and O–H groups in total. The third-order valence-electron chi connectivity index (χ3n) is 4.14. The Morgan fingerprint density at radius 2 is 1.95 bits per heavy atom. The van der Waals surface area contributed by atoms with Gasteiger partial charge >= 0.3 is 5.97 Å². The highest BCUT2D eigenvalue weighted by molar-refractivity contribution is 5.81. The molecule has 2 aromatic rings. The maximum atomic E-state index is 12.7. The molecule has 0 amide bonds. The highest BCUT2D eigenvalue weighted by Crippen LogP contribution is 2.27. The summed E-state index contributed by atoms with van der Waals surface area (Å²) in [6.07, 6.45) is 1.91. The number of aromatic nitrogens is 2. The Hall–Kier alpha value is -2.43. The Labute approximate surface area is 129 Å². The van der Waals surface area contributed by atoms with Crippen molar-refractivity contribution in [1.29, 1.82) is 0 Å². The molecule has 0 aliphatic rings. The molecule has 0 spiro atoms. The normalized spacial score (nSPS) is 13.6. The number of aryl methyl sites for hydroxylation is 1. The van der Waals surface area contributed by atoms with Crippen LogP contribution in [-0.2, 0) is 16.8 Å². The van der Waals surface area contributed by atoms with Gasteiger partial charge in [-0.1, -0.05) is 37.3 Å². The fraction of sp³-hybridized carbons (Fsp3) is 0.353. The first-order valence-electron chi connectivity index (χ1n) is 7.24. The lowest BCUT2D eigenvalue weighted by atomic mass is 9.79. The minimum atomic E-state index is -1.21. The number of carbonyl (C=O) groups is 1. The summed E-state index contributed by atoms with van der Waals surface area (Å²) in [6, 6.07) is 9.50. The number of rotatable bonds is 5. The summed E-state index contributed by atoms with van der Waals surface area (Å²) in [7, 11) is 0. The number of hydrogen-bond donors (Lipinski definition) is 1. The van der Waals surface area contributed by atoms with Crippen LogP contribution in [0.25, 0.3) is 0 Å². The lowest BCUT2D eigenvalue weighted by Crippen LogP contribution is -2.41. The maximum Gasteiger partial charge on any atom is 0.314 e. The third kappa shape index (κ3) is 2.79. The lowest BCUT2D eigenvalue weighted by Gasteiger charge is -2.25. The second kappa shape index (κ2) is 6.13. The van der Waals surface area contributed by atoms with E-state index in [9.17, 15) is 14.7 Å². The number of hydrogen-bond acceptors (Lipinski definition) is 3. The Balaban J connectivity index is 2.55. The zero-order valence-corrected chi connectivity index (χ0v) is 13.0. The van der Waals surface area contributed by atoms with Gasteiger partial charge in [-0.2, -0.15) is 5.10 Å². The molecule has 116 valence electrons. The van der Waals surface area contributed by atoms with Crippen molar-refractivity contribution in [3.8, 4) is 0 Å². The van der Waals surface area contributed by atoms with Gasteiger partial charge in [0.25, 0.3) is 5.56 Å². The van der Waals surface area contributed by atoms with E-state index in [2.05, 4.69) is 5.10 Å². The first kappa shape index (κ1) is 15.9. The predicted molar refractivity (Wildman–Crippen MR) is 84.1 cm³/mol. The number of aliphatic carboxylic acids is 1. The SMILES string of the molecule is CCC(C)(C(=O)O)c1c(C)cnn(Cc2ccccc2)c1=O. The van der Waals surface area contributed by atoms with Gasteiger partial charge < -0.3 is 5.11 Å². The maximum absolute atomic E-state index is 12.7. The van der Waals surface area contributed by atoms with Crippen molar-refractivity contribution in [2.24, 2.45) is 0 Å². The monoisotopic (exact) mass is 300 g/mol. The minimum Gasteiger partial charge on any atom is -0.481 e. The van der Waals surface area contributed by atoms with Crippen LogP contribution >= 0.6 is 0 Å². The van der Waals surface area contributed by atoms with E-state index in [0.717, 1.165) is 5.56 Å². The summed E-state index contributed by atoms with van der Waals surface area (Å²) >= 11 is 0. The number of carboxylic acid groups (broad SMARTS) is 1. The van der Waals surface area contributed by atoms with Gasteiger partial charge in [-0.05, 0) is 31.4 Å². The van der Waals surface area contributed by atoms with Crippen LogP contribution in [0.3, 0.4) is 0 Å². The van der Waals surface area contributed by atoms with E-state index in [1.54, 1.807) is 27.0 Å². The van der Waals surface area contributed by atoms with Crippen molar-refractivity contribution in [2.75, 3.05) is 0 Å². The smallest absolute Gasteiger partial charge is 0.314 e. The summed E-state index contributed by atoms with van der Waals surface area (Å²) in [5.74, 6) is -0.993. The molecule has 0 saturated carbocycles. The van der Waals surface area contributed by atoms with Gasteiger partial charge in [-0.15, -0.1) is 0 Å². The molecule has 0 aliphatic carbocycles. The van der Waals surface area contributed by atoms with Crippen molar-refractivity contribution >= 4 is 5.97 Å². The van der Waals surface area contributed by atoms with Gasteiger partial charge in [-0.25, -0.2) is 4.68 Å². The fourth-order valence-corrected chi connectivity index (χ4v) is 2.55. The minimum absolute atomic E-state index is 0.313. The molecule has 1 aromatic heterocycles. The molecule has 0 saturated heterocycles. The number of carboxylic acids is 1. The fourth-order valence-electron chi connectivity index (χ4n) is 2.55. The molecule has 0 bridgehead atoms. The average molecular weight is 300 g/mol. The Kier molecular flexibility index (Phi) is 4.45. The number of benzene rings is 1. The highest BCUT2D eigenvalue weighted by atomic mass is 16.4. The zero-order chi connectivity index (χ0) is 16.3. The quantitative estimate of drug-likeness (QED) is 0.920. The Morgan fingerprint density at radius 1 is 1.32 bits per heavy atom. The van der Waals surface area contributed by atoms with Crippen molar-refractivity contribution in [3.63, 3.8) is 0 Å². The molecule has 1 unspecified atom stereocenters. The van der Waals surface area contributed by atoms with E-state index in [1.807, 2.05) is 30.3 Å².